The van der Waals surface area contributed by atoms with E-state index in [9.17, 15) is 0 Å². The maximum Gasteiger partial charge on any atom is 0.191 e. The number of halogens is 1. The molecular formula is C21H27ClN4O2. The summed E-state index contributed by atoms with van der Waals surface area (Å²) in [5, 5.41) is 7.14. The second-order valence-corrected chi connectivity index (χ2v) is 7.14. The fraction of sp³-hybridized carbons (Fsp3) is 0.429. The summed E-state index contributed by atoms with van der Waals surface area (Å²) in [5.41, 5.74) is 3.27. The van der Waals surface area contributed by atoms with Crippen molar-refractivity contribution in [3.05, 3.63) is 58.4 Å². The van der Waals surface area contributed by atoms with E-state index in [2.05, 4.69) is 45.7 Å². The number of aryl methyl sites for hydroxylation is 1. The van der Waals surface area contributed by atoms with Crippen molar-refractivity contribution in [2.75, 3.05) is 19.8 Å². The highest BCUT2D eigenvalue weighted by Gasteiger charge is 2.18. The van der Waals surface area contributed by atoms with Crippen LogP contribution in [0.25, 0.3) is 0 Å². The van der Waals surface area contributed by atoms with Crippen LogP contribution < -0.4 is 15.4 Å². The van der Waals surface area contributed by atoms with Gasteiger partial charge >= 0.3 is 0 Å². The molecule has 1 aromatic heterocycles. The first kappa shape index (κ1) is 20.4. The molecule has 6 nitrogen and oxygen atoms in total. The first-order valence-corrected chi connectivity index (χ1v) is 9.98. The third-order valence-electron chi connectivity index (χ3n) is 4.40. The monoisotopic (exact) mass is 402 g/mol. The van der Waals surface area contributed by atoms with E-state index < -0.39 is 0 Å². The third-order valence-corrected chi connectivity index (χ3v) is 4.63. The van der Waals surface area contributed by atoms with Crippen LogP contribution in [-0.4, -0.2) is 36.8 Å². The summed E-state index contributed by atoms with van der Waals surface area (Å²) in [6, 6.07) is 9.98. The van der Waals surface area contributed by atoms with E-state index in [1.165, 1.54) is 5.56 Å². The highest BCUT2D eigenvalue weighted by molar-refractivity contribution is 6.29. The summed E-state index contributed by atoms with van der Waals surface area (Å²) in [4.78, 5) is 8.72. The van der Waals surface area contributed by atoms with Crippen LogP contribution in [0.2, 0.25) is 5.15 Å². The van der Waals surface area contributed by atoms with E-state index in [1.807, 2.05) is 13.0 Å². The van der Waals surface area contributed by atoms with Gasteiger partial charge in [0.2, 0.25) is 0 Å². The van der Waals surface area contributed by atoms with E-state index in [4.69, 9.17) is 21.1 Å². The average molecular weight is 403 g/mol. The zero-order chi connectivity index (χ0) is 19.8. The number of aliphatic imine (C=N–C) groups is 1. The van der Waals surface area contributed by atoms with Gasteiger partial charge in [0.05, 0.1) is 19.8 Å². The summed E-state index contributed by atoms with van der Waals surface area (Å²) in [6.07, 6.45) is 2.80. The first-order valence-electron chi connectivity index (χ1n) is 9.60. The summed E-state index contributed by atoms with van der Waals surface area (Å²) < 4.78 is 11.6. The molecule has 0 amide bonds. The van der Waals surface area contributed by atoms with Crippen molar-refractivity contribution in [2.45, 2.75) is 39.5 Å². The molecule has 1 aliphatic heterocycles. The number of guanidine groups is 1. The largest absolute Gasteiger partial charge is 0.488 e. The predicted octanol–water partition coefficient (Wildman–Crippen LogP) is 3.47. The van der Waals surface area contributed by atoms with E-state index in [0.29, 0.717) is 24.8 Å². The van der Waals surface area contributed by atoms with Crippen LogP contribution in [0.4, 0.5) is 0 Å². The molecular weight excluding hydrogens is 376 g/mol. The first-order chi connectivity index (χ1) is 13.6. The number of nitrogens with zero attached hydrogens (tertiary/aromatic N) is 2. The summed E-state index contributed by atoms with van der Waals surface area (Å²) in [6.45, 7) is 7.45. The Morgan fingerprint density at radius 1 is 1.32 bits per heavy atom. The number of pyridine rings is 1. The van der Waals surface area contributed by atoms with Crippen LogP contribution in [-0.2, 0) is 17.8 Å². The normalized spacial score (nSPS) is 16.8. The van der Waals surface area contributed by atoms with Crippen LogP contribution in [0.5, 0.6) is 5.75 Å². The molecule has 28 heavy (non-hydrogen) atoms. The molecule has 1 unspecified atom stereocenters. The number of benzene rings is 1. The van der Waals surface area contributed by atoms with Gasteiger partial charge in [0.15, 0.2) is 5.96 Å². The average Bonchev–Trinajstić information content (AvgIpc) is 3.19. The molecule has 1 aromatic carbocycles. The molecule has 1 fully saturated rings. The molecule has 0 aliphatic carbocycles. The smallest absolute Gasteiger partial charge is 0.191 e. The number of aromatic nitrogens is 1. The van der Waals surface area contributed by atoms with Crippen LogP contribution in [0.15, 0.2) is 41.5 Å². The lowest BCUT2D eigenvalue weighted by molar-refractivity contribution is 0.140. The Kier molecular flexibility index (Phi) is 7.51. The minimum absolute atomic E-state index is 0.125. The van der Waals surface area contributed by atoms with Crippen molar-refractivity contribution >= 4 is 17.6 Å². The molecule has 1 saturated heterocycles. The van der Waals surface area contributed by atoms with Crippen molar-refractivity contribution in [1.82, 2.24) is 15.6 Å². The molecule has 0 saturated carbocycles. The molecule has 0 bridgehead atoms. The molecule has 7 heteroatoms. The maximum absolute atomic E-state index is 6.17. The number of hydrogen-bond acceptors (Lipinski definition) is 4. The molecule has 2 heterocycles. The lowest BCUT2D eigenvalue weighted by Crippen LogP contribution is -2.37. The number of ether oxygens (including phenoxy) is 2. The molecule has 2 N–H and O–H groups in total. The van der Waals surface area contributed by atoms with E-state index >= 15 is 0 Å². The van der Waals surface area contributed by atoms with Gasteiger partial charge in [-0.3, -0.25) is 0 Å². The quantitative estimate of drug-likeness (QED) is 0.421. The zero-order valence-electron chi connectivity index (χ0n) is 16.4. The third kappa shape index (κ3) is 6.11. The van der Waals surface area contributed by atoms with Crippen molar-refractivity contribution in [1.29, 1.82) is 0 Å². The molecule has 1 aliphatic rings. The topological polar surface area (TPSA) is 67.8 Å². The van der Waals surface area contributed by atoms with Gasteiger partial charge in [0, 0.05) is 31.3 Å². The SMILES string of the molecule is CCNC(=NCc1ccc(Cl)nc1)NCc1ccc(C)cc1OC1CCOC1. The van der Waals surface area contributed by atoms with Gasteiger partial charge in [-0.1, -0.05) is 29.8 Å². The fourth-order valence-electron chi connectivity index (χ4n) is 2.89. The number of nitrogens with one attached hydrogen (secondary N) is 2. The maximum atomic E-state index is 6.17. The Morgan fingerprint density at radius 3 is 2.93 bits per heavy atom. The molecule has 3 rings (SSSR count). The van der Waals surface area contributed by atoms with Gasteiger partial charge in [-0.2, -0.15) is 0 Å². The number of rotatable bonds is 7. The van der Waals surface area contributed by atoms with Crippen LogP contribution in [0.1, 0.15) is 30.0 Å². The second kappa shape index (κ2) is 10.3. The van der Waals surface area contributed by atoms with Gasteiger partial charge in [-0.15, -0.1) is 0 Å². The second-order valence-electron chi connectivity index (χ2n) is 6.75. The van der Waals surface area contributed by atoms with E-state index in [1.54, 1.807) is 12.3 Å². The van der Waals surface area contributed by atoms with Gasteiger partial charge in [-0.25, -0.2) is 9.98 Å². The molecule has 1 atom stereocenters. The van der Waals surface area contributed by atoms with Crippen molar-refractivity contribution < 1.29 is 9.47 Å². The Morgan fingerprint density at radius 2 is 2.21 bits per heavy atom. The van der Waals surface area contributed by atoms with Crippen LogP contribution >= 0.6 is 11.6 Å². The summed E-state index contributed by atoms with van der Waals surface area (Å²) >= 11 is 5.84. The fourth-order valence-corrected chi connectivity index (χ4v) is 3.01. The van der Waals surface area contributed by atoms with Crippen LogP contribution in [0, 0.1) is 6.92 Å². The minimum atomic E-state index is 0.125. The van der Waals surface area contributed by atoms with Gasteiger partial charge in [0.1, 0.15) is 17.0 Å². The van der Waals surface area contributed by atoms with Gasteiger partial charge < -0.3 is 20.1 Å². The van der Waals surface area contributed by atoms with Gasteiger partial charge in [0.25, 0.3) is 0 Å². The molecule has 0 radical (unpaired) electrons. The molecule has 2 aromatic rings. The highest BCUT2D eigenvalue weighted by Crippen LogP contribution is 2.23. The zero-order valence-corrected chi connectivity index (χ0v) is 17.1. The van der Waals surface area contributed by atoms with Crippen molar-refractivity contribution in [2.24, 2.45) is 4.99 Å². The molecule has 0 spiro atoms. The Labute approximate surface area is 171 Å². The van der Waals surface area contributed by atoms with E-state index in [-0.39, 0.29) is 6.10 Å². The highest BCUT2D eigenvalue weighted by atomic mass is 35.5. The van der Waals surface area contributed by atoms with Crippen molar-refractivity contribution in [3.8, 4) is 5.75 Å². The van der Waals surface area contributed by atoms with Crippen LogP contribution in [0.3, 0.4) is 0 Å². The standard InChI is InChI=1S/C21H27ClN4O2/c1-3-23-21(25-12-16-5-7-20(22)24-11-16)26-13-17-6-4-15(2)10-19(17)28-18-8-9-27-14-18/h4-7,10-11,18H,3,8-9,12-14H2,1-2H3,(H2,23,25,26). The Bertz CT molecular complexity index is 789. The van der Waals surface area contributed by atoms with E-state index in [0.717, 1.165) is 42.4 Å². The predicted molar refractivity (Wildman–Crippen MR) is 112 cm³/mol. The Hall–Kier alpha value is -2.31. The minimum Gasteiger partial charge on any atom is -0.488 e. The Balaban J connectivity index is 1.65. The van der Waals surface area contributed by atoms with Gasteiger partial charge in [-0.05, 0) is 37.1 Å². The molecule has 150 valence electrons. The lowest BCUT2D eigenvalue weighted by Gasteiger charge is -2.18. The lowest BCUT2D eigenvalue weighted by atomic mass is 10.1. The van der Waals surface area contributed by atoms with Crippen molar-refractivity contribution in [3.63, 3.8) is 0 Å². The summed E-state index contributed by atoms with van der Waals surface area (Å²) in [7, 11) is 0. The summed E-state index contributed by atoms with van der Waals surface area (Å²) in [5.74, 6) is 1.65. The number of hydrogen-bond donors (Lipinski definition) is 2.